The summed E-state index contributed by atoms with van der Waals surface area (Å²) >= 11 is 1.02. The van der Waals surface area contributed by atoms with Gasteiger partial charge in [-0.2, -0.15) is 0 Å². The maximum atomic E-state index is 11.9. The third-order valence-electron chi connectivity index (χ3n) is 2.72. The van der Waals surface area contributed by atoms with Crippen LogP contribution in [0.4, 0.5) is 0 Å². The van der Waals surface area contributed by atoms with Crippen molar-refractivity contribution in [1.29, 1.82) is 0 Å². The molecule has 2 rings (SSSR count). The predicted octanol–water partition coefficient (Wildman–Crippen LogP) is 2.15. The molecule has 0 aliphatic carbocycles. The van der Waals surface area contributed by atoms with Gasteiger partial charge < -0.3 is 10.1 Å². The van der Waals surface area contributed by atoms with Gasteiger partial charge >= 0.3 is 5.97 Å². The number of hydrogen-bond acceptors (Lipinski definition) is 5. The number of rotatable bonds is 5. The summed E-state index contributed by atoms with van der Waals surface area (Å²) < 4.78 is 4.57. The minimum absolute atomic E-state index is 0.0890. The average Bonchev–Trinajstić information content (AvgIpc) is 3.02. The zero-order chi connectivity index (χ0) is 15.2. The van der Waals surface area contributed by atoms with Crippen LogP contribution >= 0.6 is 11.3 Å². The third kappa shape index (κ3) is 3.76. The Bertz CT molecular complexity index is 663. The van der Waals surface area contributed by atoms with Crippen LogP contribution in [0.1, 0.15) is 29.7 Å². The molecule has 0 bridgehead atoms. The fourth-order valence-electron chi connectivity index (χ4n) is 1.64. The number of methoxy groups -OCH3 is 1. The lowest BCUT2D eigenvalue weighted by Gasteiger charge is -2.03. The van der Waals surface area contributed by atoms with E-state index in [0.717, 1.165) is 11.3 Å². The van der Waals surface area contributed by atoms with Crippen LogP contribution in [0.25, 0.3) is 0 Å². The number of carbonyl (C=O) groups excluding carboxylic acids is 3. The van der Waals surface area contributed by atoms with E-state index in [2.05, 4.69) is 10.1 Å². The van der Waals surface area contributed by atoms with Crippen LogP contribution in [0.5, 0.6) is 0 Å². The lowest BCUT2D eigenvalue weighted by molar-refractivity contribution is 0.0606. The molecule has 1 amide bonds. The van der Waals surface area contributed by atoms with Crippen molar-refractivity contribution in [2.45, 2.75) is 0 Å². The van der Waals surface area contributed by atoms with Crippen molar-refractivity contribution in [3.8, 4) is 0 Å². The molecule has 0 saturated heterocycles. The van der Waals surface area contributed by atoms with E-state index in [1.807, 2.05) is 6.07 Å². The van der Waals surface area contributed by atoms with Crippen molar-refractivity contribution in [2.75, 3.05) is 13.7 Å². The summed E-state index contributed by atoms with van der Waals surface area (Å²) in [6, 6.07) is 11.8. The lowest BCUT2D eigenvalue weighted by Crippen LogP contribution is -2.28. The van der Waals surface area contributed by atoms with Crippen molar-refractivity contribution in [2.24, 2.45) is 0 Å². The van der Waals surface area contributed by atoms with Gasteiger partial charge in [0.2, 0.25) is 0 Å². The number of thiophene rings is 1. The van der Waals surface area contributed by atoms with Crippen LogP contribution in [-0.2, 0) is 4.74 Å². The van der Waals surface area contributed by atoms with Gasteiger partial charge in [-0.25, -0.2) is 4.79 Å². The van der Waals surface area contributed by atoms with E-state index in [9.17, 15) is 14.4 Å². The van der Waals surface area contributed by atoms with Gasteiger partial charge in [0.15, 0.2) is 5.78 Å². The second kappa shape index (κ2) is 6.81. The van der Waals surface area contributed by atoms with Crippen LogP contribution in [-0.4, -0.2) is 31.3 Å². The molecular formula is C15H13NO4S. The average molecular weight is 303 g/mol. The molecule has 0 atom stereocenters. The molecule has 6 heteroatoms. The fraction of sp³-hybridized carbons (Fsp3) is 0.133. The Kier molecular flexibility index (Phi) is 4.84. The first-order chi connectivity index (χ1) is 10.1. The molecular weight excluding hydrogens is 290 g/mol. The van der Waals surface area contributed by atoms with E-state index in [1.54, 1.807) is 24.3 Å². The summed E-state index contributed by atoms with van der Waals surface area (Å²) in [6.45, 7) is -0.0890. The quantitative estimate of drug-likeness (QED) is 0.678. The summed E-state index contributed by atoms with van der Waals surface area (Å²) in [5.41, 5.74) is 0.541. The zero-order valence-electron chi connectivity index (χ0n) is 11.3. The van der Waals surface area contributed by atoms with Gasteiger partial charge in [0.05, 0.1) is 18.5 Å². The fourth-order valence-corrected chi connectivity index (χ4v) is 2.48. The number of ether oxygens (including phenoxy) is 1. The van der Waals surface area contributed by atoms with Gasteiger partial charge in [0.1, 0.15) is 4.88 Å². The van der Waals surface area contributed by atoms with Crippen molar-refractivity contribution >= 4 is 29.0 Å². The van der Waals surface area contributed by atoms with Gasteiger partial charge in [-0.1, -0.05) is 30.3 Å². The lowest BCUT2D eigenvalue weighted by atomic mass is 10.1. The number of Topliss-reactive ketones (excluding diaryl/α,β-unsaturated/α-hetero) is 1. The number of benzene rings is 1. The zero-order valence-corrected chi connectivity index (χ0v) is 12.1. The maximum Gasteiger partial charge on any atom is 0.348 e. The highest BCUT2D eigenvalue weighted by molar-refractivity contribution is 7.15. The van der Waals surface area contributed by atoms with Crippen molar-refractivity contribution < 1.29 is 19.1 Å². The molecule has 0 saturated carbocycles. The Hall–Kier alpha value is -2.47. The summed E-state index contributed by atoms with van der Waals surface area (Å²) in [4.78, 5) is 35.8. The number of esters is 1. The van der Waals surface area contributed by atoms with Gasteiger partial charge in [0.25, 0.3) is 5.91 Å². The Labute approximate surface area is 125 Å². The van der Waals surface area contributed by atoms with E-state index >= 15 is 0 Å². The Morgan fingerprint density at radius 2 is 1.71 bits per heavy atom. The van der Waals surface area contributed by atoms with Crippen LogP contribution in [0.2, 0.25) is 0 Å². The minimum Gasteiger partial charge on any atom is -0.465 e. The first-order valence-corrected chi connectivity index (χ1v) is 6.98. The topological polar surface area (TPSA) is 72.5 Å². The molecule has 0 spiro atoms. The van der Waals surface area contributed by atoms with Gasteiger partial charge in [-0.15, -0.1) is 11.3 Å². The highest BCUT2D eigenvalue weighted by Crippen LogP contribution is 2.17. The Morgan fingerprint density at radius 3 is 2.38 bits per heavy atom. The van der Waals surface area contributed by atoms with E-state index in [4.69, 9.17) is 0 Å². The predicted molar refractivity (Wildman–Crippen MR) is 78.8 cm³/mol. The SMILES string of the molecule is COC(=O)c1ccc(C(=O)NCC(=O)c2ccccc2)s1. The van der Waals surface area contributed by atoms with E-state index < -0.39 is 5.97 Å². The Balaban J connectivity index is 1.94. The van der Waals surface area contributed by atoms with Crippen LogP contribution in [0.3, 0.4) is 0 Å². The summed E-state index contributed by atoms with van der Waals surface area (Å²) in [7, 11) is 1.28. The first-order valence-electron chi connectivity index (χ1n) is 6.16. The second-order valence-electron chi connectivity index (χ2n) is 4.13. The van der Waals surface area contributed by atoms with E-state index in [0.29, 0.717) is 15.3 Å². The van der Waals surface area contributed by atoms with Gasteiger partial charge in [-0.05, 0) is 12.1 Å². The molecule has 0 radical (unpaired) electrons. The molecule has 0 fully saturated rings. The standard InChI is InChI=1S/C15H13NO4S/c1-20-15(19)13-8-7-12(21-13)14(18)16-9-11(17)10-5-3-2-4-6-10/h2-8H,9H2,1H3,(H,16,18). The molecule has 0 aliphatic rings. The van der Waals surface area contributed by atoms with Gasteiger partial charge in [0, 0.05) is 5.56 Å². The van der Waals surface area contributed by atoms with E-state index in [1.165, 1.54) is 19.2 Å². The normalized spacial score (nSPS) is 9.95. The Morgan fingerprint density at radius 1 is 1.05 bits per heavy atom. The molecule has 1 aromatic carbocycles. The maximum absolute atomic E-state index is 11.9. The number of hydrogen-bond donors (Lipinski definition) is 1. The highest BCUT2D eigenvalue weighted by atomic mass is 32.1. The summed E-state index contributed by atoms with van der Waals surface area (Å²) in [6.07, 6.45) is 0. The van der Waals surface area contributed by atoms with Crippen LogP contribution in [0, 0.1) is 0 Å². The second-order valence-corrected chi connectivity index (χ2v) is 5.21. The molecule has 108 valence electrons. The van der Waals surface area contributed by atoms with Crippen molar-refractivity contribution in [1.82, 2.24) is 5.32 Å². The third-order valence-corrected chi connectivity index (χ3v) is 3.79. The summed E-state index contributed by atoms with van der Waals surface area (Å²) in [5, 5.41) is 2.54. The number of ketones is 1. The first kappa shape index (κ1) is 14.9. The number of carbonyl (C=O) groups is 3. The number of nitrogens with one attached hydrogen (secondary N) is 1. The molecule has 1 aromatic heterocycles. The minimum atomic E-state index is -0.487. The summed E-state index contributed by atoms with van der Waals surface area (Å²) in [5.74, 6) is -1.05. The van der Waals surface area contributed by atoms with Gasteiger partial charge in [-0.3, -0.25) is 9.59 Å². The van der Waals surface area contributed by atoms with E-state index in [-0.39, 0.29) is 18.2 Å². The largest absolute Gasteiger partial charge is 0.465 e. The highest BCUT2D eigenvalue weighted by Gasteiger charge is 2.15. The molecule has 2 aromatic rings. The smallest absolute Gasteiger partial charge is 0.348 e. The van der Waals surface area contributed by atoms with Crippen molar-refractivity contribution in [3.63, 3.8) is 0 Å². The van der Waals surface area contributed by atoms with Crippen LogP contribution in [0.15, 0.2) is 42.5 Å². The molecule has 0 aliphatic heterocycles. The molecule has 21 heavy (non-hydrogen) atoms. The molecule has 1 heterocycles. The molecule has 0 unspecified atom stereocenters. The monoisotopic (exact) mass is 303 g/mol. The molecule has 1 N–H and O–H groups in total. The molecule has 5 nitrogen and oxygen atoms in total. The van der Waals surface area contributed by atoms with Crippen molar-refractivity contribution in [3.05, 3.63) is 57.8 Å². The number of amides is 1. The van der Waals surface area contributed by atoms with Crippen LogP contribution < -0.4 is 5.32 Å².